The first-order valence-corrected chi connectivity index (χ1v) is 7.74. The van der Waals surface area contributed by atoms with E-state index in [4.69, 9.17) is 26.9 Å². The number of nitrogens with zero attached hydrogens (tertiary/aromatic N) is 1. The van der Waals surface area contributed by atoms with Gasteiger partial charge in [0.1, 0.15) is 17.2 Å². The van der Waals surface area contributed by atoms with Crippen molar-refractivity contribution in [1.29, 1.82) is 0 Å². The van der Waals surface area contributed by atoms with Gasteiger partial charge in [-0.15, -0.1) is 0 Å². The van der Waals surface area contributed by atoms with Crippen molar-refractivity contribution in [2.45, 2.75) is 11.4 Å². The molecule has 0 fully saturated rings. The Balaban J connectivity index is 2.51. The second kappa shape index (κ2) is 5.95. The Bertz CT molecular complexity index is 808. The SMILES string of the molecule is NC(=O)c1cc(S(N)(=O)=O)c(Cl)cc1N(F)Cc1ccco1. The number of benzene rings is 1. The van der Waals surface area contributed by atoms with E-state index in [2.05, 4.69) is 0 Å². The Kier molecular flexibility index (Phi) is 4.40. The average molecular weight is 348 g/mol. The van der Waals surface area contributed by atoms with E-state index < -0.39 is 20.8 Å². The minimum Gasteiger partial charge on any atom is -0.467 e. The van der Waals surface area contributed by atoms with E-state index in [1.54, 1.807) is 6.07 Å². The van der Waals surface area contributed by atoms with Crippen LogP contribution in [0, 0.1) is 0 Å². The molecule has 7 nitrogen and oxygen atoms in total. The first kappa shape index (κ1) is 16.3. The van der Waals surface area contributed by atoms with Gasteiger partial charge in [-0.2, -0.15) is 0 Å². The molecule has 1 aromatic heterocycles. The highest BCUT2D eigenvalue weighted by Gasteiger charge is 2.23. The molecule has 0 aliphatic rings. The van der Waals surface area contributed by atoms with Gasteiger partial charge in [0.05, 0.1) is 22.5 Å². The molecule has 2 aromatic rings. The van der Waals surface area contributed by atoms with Crippen molar-refractivity contribution >= 4 is 33.2 Å². The maximum Gasteiger partial charge on any atom is 0.250 e. The van der Waals surface area contributed by atoms with Gasteiger partial charge in [-0.1, -0.05) is 16.1 Å². The second-order valence-corrected chi connectivity index (χ2v) is 6.25. The Labute approximate surface area is 130 Å². The van der Waals surface area contributed by atoms with Crippen molar-refractivity contribution in [2.75, 3.05) is 5.12 Å². The number of primary amides is 1. The van der Waals surface area contributed by atoms with Crippen LogP contribution in [-0.2, 0) is 16.6 Å². The zero-order valence-electron chi connectivity index (χ0n) is 11.0. The first-order chi connectivity index (χ1) is 10.2. The topological polar surface area (TPSA) is 120 Å². The van der Waals surface area contributed by atoms with Crippen LogP contribution in [0.2, 0.25) is 5.02 Å². The predicted octanol–water partition coefficient (Wildman–Crippen LogP) is 1.57. The normalized spacial score (nSPS) is 11.4. The van der Waals surface area contributed by atoms with Crippen LogP contribution in [0.4, 0.5) is 10.2 Å². The van der Waals surface area contributed by atoms with Crippen molar-refractivity contribution in [3.63, 3.8) is 0 Å². The summed E-state index contributed by atoms with van der Waals surface area (Å²) in [5, 5.41) is 4.81. The number of halogens is 2. The van der Waals surface area contributed by atoms with Gasteiger partial charge < -0.3 is 10.2 Å². The van der Waals surface area contributed by atoms with E-state index in [0.29, 0.717) is 0 Å². The van der Waals surface area contributed by atoms with Crippen LogP contribution in [-0.4, -0.2) is 14.3 Å². The lowest BCUT2D eigenvalue weighted by atomic mass is 10.1. The summed E-state index contributed by atoms with van der Waals surface area (Å²) in [6, 6.07) is 4.89. The van der Waals surface area contributed by atoms with E-state index in [9.17, 15) is 17.7 Å². The van der Waals surface area contributed by atoms with E-state index in [0.717, 1.165) is 12.1 Å². The summed E-state index contributed by atoms with van der Waals surface area (Å²) < 4.78 is 42.0. The molecule has 0 saturated heterocycles. The molecule has 0 spiro atoms. The maximum atomic E-state index is 14.3. The molecular weight excluding hydrogens is 337 g/mol. The third kappa shape index (κ3) is 3.38. The highest BCUT2D eigenvalue weighted by atomic mass is 35.5. The predicted molar refractivity (Wildman–Crippen MR) is 77.3 cm³/mol. The Hall–Kier alpha value is -2.10. The summed E-state index contributed by atoms with van der Waals surface area (Å²) in [5.41, 5.74) is 4.49. The number of hydrogen-bond donors (Lipinski definition) is 2. The van der Waals surface area contributed by atoms with Crippen LogP contribution in [0.1, 0.15) is 16.1 Å². The van der Waals surface area contributed by atoms with Crippen molar-refractivity contribution in [3.05, 3.63) is 46.9 Å². The molecule has 0 atom stereocenters. The number of carbonyl (C=O) groups excluding carboxylic acids is 1. The van der Waals surface area contributed by atoms with Gasteiger partial charge in [0.25, 0.3) is 5.91 Å². The molecule has 4 N–H and O–H groups in total. The Morgan fingerprint density at radius 1 is 1.41 bits per heavy atom. The highest BCUT2D eigenvalue weighted by molar-refractivity contribution is 7.89. The van der Waals surface area contributed by atoms with Gasteiger partial charge in [0.15, 0.2) is 0 Å². The highest BCUT2D eigenvalue weighted by Crippen LogP contribution is 2.31. The largest absolute Gasteiger partial charge is 0.467 e. The zero-order valence-corrected chi connectivity index (χ0v) is 12.6. The quantitative estimate of drug-likeness (QED) is 0.795. The summed E-state index contributed by atoms with van der Waals surface area (Å²) >= 11 is 5.79. The fraction of sp³-hybridized carbons (Fsp3) is 0.0833. The van der Waals surface area contributed by atoms with Crippen LogP contribution in [0.25, 0.3) is 0 Å². The number of rotatable bonds is 5. The molecule has 0 radical (unpaired) electrons. The number of primary sulfonamides is 1. The zero-order chi connectivity index (χ0) is 16.5. The van der Waals surface area contributed by atoms with Gasteiger partial charge in [0.2, 0.25) is 10.0 Å². The van der Waals surface area contributed by atoms with Crippen LogP contribution in [0.5, 0.6) is 0 Å². The van der Waals surface area contributed by atoms with Crippen molar-refractivity contribution in [1.82, 2.24) is 0 Å². The van der Waals surface area contributed by atoms with Gasteiger partial charge in [-0.05, 0) is 24.3 Å². The molecule has 118 valence electrons. The fourth-order valence-electron chi connectivity index (χ4n) is 1.78. The van der Waals surface area contributed by atoms with Crippen molar-refractivity contribution < 1.29 is 22.1 Å². The molecule has 0 unspecified atom stereocenters. The van der Waals surface area contributed by atoms with E-state index in [1.807, 2.05) is 0 Å². The Morgan fingerprint density at radius 3 is 2.59 bits per heavy atom. The standard InChI is InChI=1S/C12H11ClFN3O4S/c13-9-5-10(17(14)6-7-2-1-3-21-7)8(12(15)18)4-11(9)22(16,19)20/h1-5H,6H2,(H2,15,18)(H2,16,19,20). The summed E-state index contributed by atoms with van der Waals surface area (Å²) in [6.45, 7) is -0.321. The van der Waals surface area contributed by atoms with E-state index >= 15 is 0 Å². The van der Waals surface area contributed by atoms with Crippen LogP contribution in [0.15, 0.2) is 39.8 Å². The smallest absolute Gasteiger partial charge is 0.250 e. The van der Waals surface area contributed by atoms with Crippen LogP contribution < -0.4 is 16.0 Å². The number of hydrogen-bond acceptors (Lipinski definition) is 5. The number of amides is 1. The third-order valence-corrected chi connectivity index (χ3v) is 4.13. The van der Waals surface area contributed by atoms with Crippen molar-refractivity contribution in [3.8, 4) is 0 Å². The van der Waals surface area contributed by atoms with Crippen LogP contribution in [0.3, 0.4) is 0 Å². The molecule has 0 saturated carbocycles. The monoisotopic (exact) mass is 347 g/mol. The molecule has 0 aliphatic heterocycles. The number of sulfonamides is 1. The molecule has 1 amide bonds. The molecule has 22 heavy (non-hydrogen) atoms. The lowest BCUT2D eigenvalue weighted by molar-refractivity contribution is 0.0999. The van der Waals surface area contributed by atoms with Gasteiger partial charge in [-0.3, -0.25) is 4.79 Å². The summed E-state index contributed by atoms with van der Waals surface area (Å²) in [6.07, 6.45) is 1.36. The summed E-state index contributed by atoms with van der Waals surface area (Å²) in [4.78, 5) is 10.9. The maximum absolute atomic E-state index is 14.3. The van der Waals surface area contributed by atoms with Gasteiger partial charge in [0, 0.05) is 0 Å². The number of furan rings is 1. The van der Waals surface area contributed by atoms with Gasteiger partial charge >= 0.3 is 0 Å². The molecule has 1 aromatic carbocycles. The number of carbonyl (C=O) groups is 1. The average Bonchev–Trinajstić information content (AvgIpc) is 2.89. The number of anilines is 1. The molecule has 10 heteroatoms. The van der Waals surface area contributed by atoms with E-state index in [1.165, 1.54) is 12.3 Å². The van der Waals surface area contributed by atoms with Crippen LogP contribution >= 0.6 is 11.6 Å². The summed E-state index contributed by atoms with van der Waals surface area (Å²) in [5.74, 6) is -0.747. The Morgan fingerprint density at radius 2 is 2.09 bits per heavy atom. The second-order valence-electron chi connectivity index (χ2n) is 4.31. The molecule has 2 rings (SSSR count). The third-order valence-electron chi connectivity index (χ3n) is 2.76. The minimum absolute atomic E-state index is 0.164. The van der Waals surface area contributed by atoms with Gasteiger partial charge in [-0.25, -0.2) is 18.7 Å². The van der Waals surface area contributed by atoms with E-state index in [-0.39, 0.29) is 33.7 Å². The molecular formula is C12H11ClFN3O4S. The molecule has 0 aliphatic carbocycles. The molecule has 1 heterocycles. The lowest BCUT2D eigenvalue weighted by Crippen LogP contribution is -2.21. The molecule has 0 bridgehead atoms. The number of nitrogens with two attached hydrogens (primary N) is 2. The summed E-state index contributed by atoms with van der Waals surface area (Å²) in [7, 11) is -4.18. The fourth-order valence-corrected chi connectivity index (χ4v) is 2.88. The van der Waals surface area contributed by atoms with Crippen molar-refractivity contribution in [2.24, 2.45) is 10.9 Å². The first-order valence-electron chi connectivity index (χ1n) is 5.82. The minimum atomic E-state index is -4.18. The lowest BCUT2D eigenvalue weighted by Gasteiger charge is -2.17.